The monoisotopic (exact) mass is 806 g/mol. The highest BCUT2D eigenvalue weighted by molar-refractivity contribution is 5.98. The molecule has 11 N–H and O–H groups in total. The maximum atomic E-state index is 13.1. The number of rotatable bonds is 10. The van der Waals surface area contributed by atoms with E-state index in [9.17, 15) is 80.1 Å². The number of carbonyl (C=O) groups excluding carboxylic acids is 5. The second-order valence-electron chi connectivity index (χ2n) is 11.5. The molecule has 5 rings (SSSR count). The van der Waals surface area contributed by atoms with Crippen LogP contribution in [0.5, 0.6) is 86.2 Å². The van der Waals surface area contributed by atoms with Gasteiger partial charge in [-0.25, -0.2) is 24.0 Å². The molecule has 0 fully saturated rings. The van der Waals surface area contributed by atoms with E-state index in [1.807, 2.05) is 0 Å². The minimum Gasteiger partial charge on any atom is -0.504 e. The topological polar surface area (TPSA) is 354 Å². The predicted octanol–water partition coefficient (Wildman–Crippen LogP) is 3.50. The molecule has 0 heterocycles. The average Bonchev–Trinajstić information content (AvgIpc) is 3.17. The molecule has 0 amide bonds. The van der Waals surface area contributed by atoms with Crippen LogP contribution in [-0.2, 0) is 4.74 Å². The van der Waals surface area contributed by atoms with Gasteiger partial charge in [0.05, 0.1) is 34.4 Å². The number of esters is 5. The van der Waals surface area contributed by atoms with Gasteiger partial charge in [-0.15, -0.1) is 0 Å². The van der Waals surface area contributed by atoms with Crippen LogP contribution in [0.4, 0.5) is 0 Å². The Hall–Kier alpha value is -8.75. The third-order valence-corrected chi connectivity index (χ3v) is 7.55. The van der Waals surface area contributed by atoms with E-state index in [2.05, 4.69) is 0 Å². The van der Waals surface area contributed by atoms with Crippen LogP contribution in [-0.4, -0.2) is 92.6 Å². The van der Waals surface area contributed by atoms with E-state index >= 15 is 0 Å². The Morgan fingerprint density at radius 1 is 0.345 bits per heavy atom. The largest absolute Gasteiger partial charge is 0.504 e. The second-order valence-corrected chi connectivity index (χ2v) is 11.5. The van der Waals surface area contributed by atoms with Gasteiger partial charge in [-0.3, -0.25) is 0 Å². The van der Waals surface area contributed by atoms with E-state index in [4.69, 9.17) is 23.7 Å². The third-order valence-electron chi connectivity index (χ3n) is 7.55. The van der Waals surface area contributed by atoms with E-state index in [-0.39, 0.29) is 12.2 Å². The lowest BCUT2D eigenvalue weighted by Gasteiger charge is -2.13. The van der Waals surface area contributed by atoms with Crippen molar-refractivity contribution in [2.24, 2.45) is 0 Å². The van der Waals surface area contributed by atoms with Gasteiger partial charge in [-0.1, -0.05) is 0 Å². The molecule has 0 aliphatic carbocycles. The fourth-order valence-corrected chi connectivity index (χ4v) is 4.73. The highest BCUT2D eigenvalue weighted by Crippen LogP contribution is 2.43. The zero-order valence-electron chi connectivity index (χ0n) is 29.0. The molecular formula is C37H26O21. The molecule has 0 spiro atoms. The summed E-state index contributed by atoms with van der Waals surface area (Å²) in [6.45, 7) is 1.44. The Morgan fingerprint density at radius 3 is 0.793 bits per heavy atom. The Morgan fingerprint density at radius 2 is 0.552 bits per heavy atom. The molecule has 0 atom stereocenters. The first-order valence-corrected chi connectivity index (χ1v) is 15.8. The van der Waals surface area contributed by atoms with E-state index < -0.39 is 138 Å². The SMILES string of the molecule is CCOC(=O)c1cc(O)c(O)c(OC(=O)c2cc(O)c(O)c(OC(=O)c3cc(O)c(O)c(OC(=O)c4cc(O)c(O)c(OC(=O)c5cc(O)c(O)c(O)c5)c4)c3)c2)c1. The standard InChI is InChI=1S/C37H26O21/c1-2-54-33(49)14-5-20(40)29(45)24(9-14)56-35(51)16-7-22(42)31(47)26(11-16)58-37(53)17-8-23(43)32(48)27(12-17)57-36(52)15-6-21(41)30(46)25(10-15)55-34(50)13-3-18(38)28(44)19(39)4-13/h3-12,38-48H,2H2,1H3. The quantitative estimate of drug-likeness (QED) is 0.0546. The number of hydrogen-bond acceptors (Lipinski definition) is 21. The summed E-state index contributed by atoms with van der Waals surface area (Å²) in [7, 11) is 0. The molecule has 5 aromatic rings. The van der Waals surface area contributed by atoms with Gasteiger partial charge in [0.1, 0.15) is 0 Å². The van der Waals surface area contributed by atoms with Gasteiger partial charge in [0.15, 0.2) is 63.2 Å². The Labute approximate surface area is 321 Å². The molecule has 0 unspecified atom stereocenters. The van der Waals surface area contributed by atoms with Gasteiger partial charge >= 0.3 is 29.8 Å². The number of carbonyl (C=O) groups is 5. The molecule has 0 aromatic heterocycles. The summed E-state index contributed by atoms with van der Waals surface area (Å²) in [5, 5.41) is 111. The van der Waals surface area contributed by atoms with Crippen LogP contribution in [0, 0.1) is 0 Å². The maximum Gasteiger partial charge on any atom is 0.343 e. The molecule has 5 aromatic carbocycles. The first-order valence-electron chi connectivity index (χ1n) is 15.8. The zero-order valence-corrected chi connectivity index (χ0v) is 29.0. The van der Waals surface area contributed by atoms with Crippen molar-refractivity contribution in [2.45, 2.75) is 6.92 Å². The normalized spacial score (nSPS) is 10.6. The minimum absolute atomic E-state index is 0.0565. The van der Waals surface area contributed by atoms with Crippen LogP contribution in [0.2, 0.25) is 0 Å². The molecule has 300 valence electrons. The molecular weight excluding hydrogens is 780 g/mol. The van der Waals surface area contributed by atoms with Crippen LogP contribution in [0.3, 0.4) is 0 Å². The zero-order chi connectivity index (χ0) is 42.7. The van der Waals surface area contributed by atoms with Crippen molar-refractivity contribution in [3.63, 3.8) is 0 Å². The highest BCUT2D eigenvalue weighted by Gasteiger charge is 2.26. The number of hydrogen-bond donors (Lipinski definition) is 11. The summed E-state index contributed by atoms with van der Waals surface area (Å²) >= 11 is 0. The molecule has 0 radical (unpaired) electrons. The smallest absolute Gasteiger partial charge is 0.343 e. The van der Waals surface area contributed by atoms with Crippen LogP contribution in [0.15, 0.2) is 60.7 Å². The fraction of sp³-hybridized carbons (Fsp3) is 0.0541. The van der Waals surface area contributed by atoms with E-state index in [0.29, 0.717) is 48.5 Å². The van der Waals surface area contributed by atoms with Crippen molar-refractivity contribution in [3.05, 3.63) is 88.5 Å². The fourth-order valence-electron chi connectivity index (χ4n) is 4.73. The molecule has 0 aliphatic heterocycles. The van der Waals surface area contributed by atoms with Crippen molar-refractivity contribution in [3.8, 4) is 86.2 Å². The summed E-state index contributed by atoms with van der Waals surface area (Å²) in [4.78, 5) is 63.9. The van der Waals surface area contributed by atoms with Crippen LogP contribution in [0.1, 0.15) is 58.7 Å². The van der Waals surface area contributed by atoms with E-state index in [0.717, 1.165) is 12.1 Å². The molecule has 0 saturated carbocycles. The Balaban J connectivity index is 1.37. The number of phenolic OH excluding ortho intramolecular Hbond substituents is 11. The maximum absolute atomic E-state index is 13.1. The number of benzene rings is 5. The summed E-state index contributed by atoms with van der Waals surface area (Å²) in [5.74, 6) is -21.3. The number of phenols is 11. The summed E-state index contributed by atoms with van der Waals surface area (Å²) in [6.07, 6.45) is 0. The van der Waals surface area contributed by atoms with Gasteiger partial charge in [-0.2, -0.15) is 0 Å². The molecule has 0 bridgehead atoms. The van der Waals surface area contributed by atoms with Gasteiger partial charge in [-0.05, 0) is 67.6 Å². The van der Waals surface area contributed by atoms with Crippen molar-refractivity contribution in [1.82, 2.24) is 0 Å². The lowest BCUT2D eigenvalue weighted by Crippen LogP contribution is -2.13. The molecule has 0 aliphatic rings. The predicted molar refractivity (Wildman–Crippen MR) is 186 cm³/mol. The summed E-state index contributed by atoms with van der Waals surface area (Å²) < 4.78 is 24.9. The second kappa shape index (κ2) is 15.9. The molecule has 21 heteroatoms. The van der Waals surface area contributed by atoms with Crippen molar-refractivity contribution < 1.29 is 104 Å². The summed E-state index contributed by atoms with van der Waals surface area (Å²) in [6, 6.07) is 6.93. The van der Waals surface area contributed by atoms with Crippen molar-refractivity contribution in [1.29, 1.82) is 0 Å². The Kier molecular flexibility index (Phi) is 11.1. The van der Waals surface area contributed by atoms with E-state index in [1.54, 1.807) is 0 Å². The average molecular weight is 807 g/mol. The van der Waals surface area contributed by atoms with Gasteiger partial charge in [0, 0.05) is 0 Å². The van der Waals surface area contributed by atoms with Crippen molar-refractivity contribution >= 4 is 29.8 Å². The van der Waals surface area contributed by atoms with Crippen LogP contribution < -0.4 is 18.9 Å². The number of ether oxygens (including phenoxy) is 5. The highest BCUT2D eigenvalue weighted by atomic mass is 16.6. The van der Waals surface area contributed by atoms with Gasteiger partial charge in [0.2, 0.25) is 23.0 Å². The molecule has 0 saturated heterocycles. The molecule has 21 nitrogen and oxygen atoms in total. The third kappa shape index (κ3) is 8.32. The first-order chi connectivity index (χ1) is 27.3. The van der Waals surface area contributed by atoms with Gasteiger partial charge < -0.3 is 79.9 Å². The van der Waals surface area contributed by atoms with E-state index in [1.165, 1.54) is 6.92 Å². The van der Waals surface area contributed by atoms with Crippen LogP contribution >= 0.6 is 0 Å². The lowest BCUT2D eigenvalue weighted by molar-refractivity contribution is 0.0522. The van der Waals surface area contributed by atoms with Crippen LogP contribution in [0.25, 0.3) is 0 Å². The van der Waals surface area contributed by atoms with Gasteiger partial charge in [0.25, 0.3) is 0 Å². The van der Waals surface area contributed by atoms with Crippen molar-refractivity contribution in [2.75, 3.05) is 6.61 Å². The lowest BCUT2D eigenvalue weighted by atomic mass is 10.1. The Bertz CT molecular complexity index is 2520. The summed E-state index contributed by atoms with van der Waals surface area (Å²) in [5.41, 5.74) is -2.90. The first kappa shape index (κ1) is 40.4. The minimum atomic E-state index is -1.49. The molecule has 58 heavy (non-hydrogen) atoms. The number of aromatic hydroxyl groups is 11.